The van der Waals surface area contributed by atoms with Crippen molar-refractivity contribution in [2.75, 3.05) is 13.6 Å². The van der Waals surface area contributed by atoms with Gasteiger partial charge in [0.1, 0.15) is 0 Å². The molecule has 17 heavy (non-hydrogen) atoms. The first kappa shape index (κ1) is 11.7. The quantitative estimate of drug-likeness (QED) is 0.804. The Labute approximate surface area is 102 Å². The Morgan fingerprint density at radius 3 is 2.29 bits per heavy atom. The Kier molecular flexibility index (Phi) is 3.83. The molecule has 1 aromatic carbocycles. The molecule has 0 spiro atoms. The molecule has 0 radical (unpaired) electrons. The standard InChI is InChI=1S/C14H17N3/c1-3-17(2)11-12-5-7-13(8-6-12)14-15-9-4-10-16-14/h4-10H,3,11H2,1-2H3. The molecule has 0 aliphatic carbocycles. The summed E-state index contributed by atoms with van der Waals surface area (Å²) in [6.07, 6.45) is 3.53. The van der Waals surface area contributed by atoms with Gasteiger partial charge in [-0.2, -0.15) is 0 Å². The van der Waals surface area contributed by atoms with Crippen molar-refractivity contribution in [1.82, 2.24) is 14.9 Å². The summed E-state index contributed by atoms with van der Waals surface area (Å²) >= 11 is 0. The molecule has 0 aliphatic rings. The summed E-state index contributed by atoms with van der Waals surface area (Å²) in [5.41, 5.74) is 2.38. The predicted molar refractivity (Wildman–Crippen MR) is 69.5 cm³/mol. The Morgan fingerprint density at radius 1 is 1.06 bits per heavy atom. The first-order valence-electron chi connectivity index (χ1n) is 5.84. The van der Waals surface area contributed by atoms with Crippen LogP contribution in [0.3, 0.4) is 0 Å². The highest BCUT2D eigenvalue weighted by Gasteiger charge is 2.01. The van der Waals surface area contributed by atoms with Crippen LogP contribution in [-0.2, 0) is 6.54 Å². The van der Waals surface area contributed by atoms with Crippen LogP contribution in [0.4, 0.5) is 0 Å². The van der Waals surface area contributed by atoms with Crippen LogP contribution < -0.4 is 0 Å². The van der Waals surface area contributed by atoms with Gasteiger partial charge in [0.05, 0.1) is 0 Å². The molecule has 1 aromatic heterocycles. The van der Waals surface area contributed by atoms with Crippen LogP contribution in [0.5, 0.6) is 0 Å². The van der Waals surface area contributed by atoms with Crippen molar-refractivity contribution >= 4 is 0 Å². The highest BCUT2D eigenvalue weighted by atomic mass is 15.1. The smallest absolute Gasteiger partial charge is 0.159 e. The van der Waals surface area contributed by atoms with E-state index in [1.807, 2.05) is 6.07 Å². The van der Waals surface area contributed by atoms with Crippen LogP contribution in [0.1, 0.15) is 12.5 Å². The zero-order valence-electron chi connectivity index (χ0n) is 10.3. The zero-order valence-corrected chi connectivity index (χ0v) is 10.3. The number of rotatable bonds is 4. The van der Waals surface area contributed by atoms with Crippen LogP contribution in [0.2, 0.25) is 0 Å². The molecule has 0 aliphatic heterocycles. The van der Waals surface area contributed by atoms with E-state index in [2.05, 4.69) is 53.1 Å². The molecular weight excluding hydrogens is 210 g/mol. The Hall–Kier alpha value is -1.74. The molecule has 0 amide bonds. The summed E-state index contributed by atoms with van der Waals surface area (Å²) in [7, 11) is 2.12. The fourth-order valence-corrected chi connectivity index (χ4v) is 1.63. The van der Waals surface area contributed by atoms with Gasteiger partial charge in [-0.05, 0) is 25.2 Å². The SMILES string of the molecule is CCN(C)Cc1ccc(-c2ncccn2)cc1. The molecule has 1 heterocycles. The van der Waals surface area contributed by atoms with Gasteiger partial charge in [-0.25, -0.2) is 9.97 Å². The third kappa shape index (κ3) is 3.11. The van der Waals surface area contributed by atoms with Crippen LogP contribution in [0.25, 0.3) is 11.4 Å². The van der Waals surface area contributed by atoms with E-state index in [1.165, 1.54) is 5.56 Å². The van der Waals surface area contributed by atoms with E-state index in [0.29, 0.717) is 0 Å². The van der Waals surface area contributed by atoms with E-state index in [-0.39, 0.29) is 0 Å². The highest BCUT2D eigenvalue weighted by Crippen LogP contribution is 2.15. The van der Waals surface area contributed by atoms with Crippen LogP contribution in [-0.4, -0.2) is 28.5 Å². The summed E-state index contributed by atoms with van der Waals surface area (Å²) in [5.74, 6) is 0.780. The van der Waals surface area contributed by atoms with Crippen molar-refractivity contribution in [3.63, 3.8) is 0 Å². The first-order valence-corrected chi connectivity index (χ1v) is 5.84. The van der Waals surface area contributed by atoms with Gasteiger partial charge in [0.25, 0.3) is 0 Å². The number of benzene rings is 1. The van der Waals surface area contributed by atoms with E-state index in [4.69, 9.17) is 0 Å². The average molecular weight is 227 g/mol. The lowest BCUT2D eigenvalue weighted by molar-refractivity contribution is 0.346. The highest BCUT2D eigenvalue weighted by molar-refractivity contribution is 5.54. The second-order valence-corrected chi connectivity index (χ2v) is 4.10. The Bertz CT molecular complexity index is 451. The first-order chi connectivity index (χ1) is 8.29. The van der Waals surface area contributed by atoms with Crippen molar-refractivity contribution in [1.29, 1.82) is 0 Å². The Morgan fingerprint density at radius 2 is 1.71 bits per heavy atom. The monoisotopic (exact) mass is 227 g/mol. The normalized spacial score (nSPS) is 10.8. The third-order valence-electron chi connectivity index (χ3n) is 2.77. The zero-order chi connectivity index (χ0) is 12.1. The second kappa shape index (κ2) is 5.55. The molecule has 88 valence electrons. The van der Waals surface area contributed by atoms with Crippen molar-refractivity contribution in [3.05, 3.63) is 48.3 Å². The van der Waals surface area contributed by atoms with E-state index in [0.717, 1.165) is 24.5 Å². The summed E-state index contributed by atoms with van der Waals surface area (Å²) in [6, 6.07) is 10.3. The molecule has 2 rings (SSSR count). The van der Waals surface area contributed by atoms with Gasteiger partial charge in [0.2, 0.25) is 0 Å². The minimum Gasteiger partial charge on any atom is -0.302 e. The van der Waals surface area contributed by atoms with Gasteiger partial charge in [0.15, 0.2) is 5.82 Å². The van der Waals surface area contributed by atoms with Gasteiger partial charge in [-0.1, -0.05) is 31.2 Å². The number of nitrogens with zero attached hydrogens (tertiary/aromatic N) is 3. The molecule has 0 atom stereocenters. The maximum atomic E-state index is 4.23. The summed E-state index contributed by atoms with van der Waals surface area (Å²) in [5, 5.41) is 0. The fraction of sp³-hybridized carbons (Fsp3) is 0.286. The van der Waals surface area contributed by atoms with E-state index in [1.54, 1.807) is 12.4 Å². The maximum Gasteiger partial charge on any atom is 0.159 e. The molecule has 2 aromatic rings. The van der Waals surface area contributed by atoms with Crippen molar-refractivity contribution in [2.24, 2.45) is 0 Å². The molecule has 0 fully saturated rings. The molecule has 0 saturated carbocycles. The van der Waals surface area contributed by atoms with E-state index < -0.39 is 0 Å². The molecule has 0 unspecified atom stereocenters. The van der Waals surface area contributed by atoms with Gasteiger partial charge in [-0.3, -0.25) is 0 Å². The molecule has 3 nitrogen and oxygen atoms in total. The van der Waals surface area contributed by atoms with Gasteiger partial charge >= 0.3 is 0 Å². The van der Waals surface area contributed by atoms with Crippen molar-refractivity contribution in [2.45, 2.75) is 13.5 Å². The number of aromatic nitrogens is 2. The van der Waals surface area contributed by atoms with Crippen molar-refractivity contribution in [3.8, 4) is 11.4 Å². The topological polar surface area (TPSA) is 29.0 Å². The lowest BCUT2D eigenvalue weighted by atomic mass is 10.1. The lowest BCUT2D eigenvalue weighted by Crippen LogP contribution is -2.16. The minimum absolute atomic E-state index is 0.780. The largest absolute Gasteiger partial charge is 0.302 e. The summed E-state index contributed by atoms with van der Waals surface area (Å²) in [6.45, 7) is 4.20. The molecular formula is C14H17N3. The van der Waals surface area contributed by atoms with Gasteiger partial charge in [-0.15, -0.1) is 0 Å². The minimum atomic E-state index is 0.780. The fourth-order valence-electron chi connectivity index (χ4n) is 1.63. The van der Waals surface area contributed by atoms with Crippen LogP contribution in [0, 0.1) is 0 Å². The number of hydrogen-bond donors (Lipinski definition) is 0. The van der Waals surface area contributed by atoms with Crippen LogP contribution >= 0.6 is 0 Å². The molecule has 0 bridgehead atoms. The third-order valence-corrected chi connectivity index (χ3v) is 2.77. The molecule has 0 saturated heterocycles. The van der Waals surface area contributed by atoms with Crippen LogP contribution in [0.15, 0.2) is 42.7 Å². The maximum absolute atomic E-state index is 4.23. The predicted octanol–water partition coefficient (Wildman–Crippen LogP) is 2.60. The number of hydrogen-bond acceptors (Lipinski definition) is 3. The second-order valence-electron chi connectivity index (χ2n) is 4.10. The molecule has 3 heteroatoms. The van der Waals surface area contributed by atoms with E-state index >= 15 is 0 Å². The average Bonchev–Trinajstić information content (AvgIpc) is 2.40. The molecule has 0 N–H and O–H groups in total. The Balaban J connectivity index is 2.13. The van der Waals surface area contributed by atoms with Gasteiger partial charge < -0.3 is 4.90 Å². The van der Waals surface area contributed by atoms with Crippen molar-refractivity contribution < 1.29 is 0 Å². The van der Waals surface area contributed by atoms with Gasteiger partial charge in [0, 0.05) is 24.5 Å². The lowest BCUT2D eigenvalue weighted by Gasteiger charge is -2.13. The summed E-state index contributed by atoms with van der Waals surface area (Å²) < 4.78 is 0. The summed E-state index contributed by atoms with van der Waals surface area (Å²) in [4.78, 5) is 10.7. The van der Waals surface area contributed by atoms with E-state index in [9.17, 15) is 0 Å².